The Bertz CT molecular complexity index is 962. The summed E-state index contributed by atoms with van der Waals surface area (Å²) in [6.45, 7) is -0.298. The van der Waals surface area contributed by atoms with Crippen LogP contribution in [0.5, 0.6) is 5.75 Å². The van der Waals surface area contributed by atoms with Crippen LogP contribution in [-0.4, -0.2) is 22.8 Å². The highest BCUT2D eigenvalue weighted by Gasteiger charge is 2.17. The van der Waals surface area contributed by atoms with E-state index in [0.29, 0.717) is 32.6 Å². The van der Waals surface area contributed by atoms with E-state index in [2.05, 4.69) is 0 Å². The highest BCUT2D eigenvalue weighted by atomic mass is 35.5. The van der Waals surface area contributed by atoms with Gasteiger partial charge < -0.3 is 14.4 Å². The standard InChI is InChI=1S/C16H12ClNO4/c1-22-16-11(17)7-6-10-14(16)18(8-13(19)20)12-5-3-2-4-9(12)15(10)21/h2-7H,8H2,1H3,(H,19,20). The molecule has 0 fully saturated rings. The van der Waals surface area contributed by atoms with Crippen LogP contribution in [0.15, 0.2) is 41.2 Å². The maximum absolute atomic E-state index is 12.6. The van der Waals surface area contributed by atoms with E-state index < -0.39 is 5.97 Å². The van der Waals surface area contributed by atoms with Gasteiger partial charge in [0.1, 0.15) is 6.54 Å². The molecule has 3 aromatic rings. The molecule has 5 nitrogen and oxygen atoms in total. The first-order chi connectivity index (χ1) is 10.5. The van der Waals surface area contributed by atoms with Gasteiger partial charge in [0.25, 0.3) is 0 Å². The molecule has 0 saturated heterocycles. The van der Waals surface area contributed by atoms with Crippen molar-refractivity contribution in [1.29, 1.82) is 0 Å². The Morgan fingerprint density at radius 1 is 1.23 bits per heavy atom. The molecule has 0 atom stereocenters. The Kier molecular flexibility index (Phi) is 3.50. The summed E-state index contributed by atoms with van der Waals surface area (Å²) in [5, 5.41) is 10.4. The molecule has 0 amide bonds. The fraction of sp³-hybridized carbons (Fsp3) is 0.125. The van der Waals surface area contributed by atoms with Crippen molar-refractivity contribution < 1.29 is 14.6 Å². The van der Waals surface area contributed by atoms with Gasteiger partial charge in [0.2, 0.25) is 0 Å². The van der Waals surface area contributed by atoms with E-state index in [-0.39, 0.29) is 12.0 Å². The molecule has 0 unspecified atom stereocenters. The SMILES string of the molecule is COc1c(Cl)ccc2c(=O)c3ccccc3n(CC(=O)O)c12. The fourth-order valence-electron chi connectivity index (χ4n) is 2.66. The first-order valence-corrected chi connectivity index (χ1v) is 6.92. The maximum Gasteiger partial charge on any atom is 0.323 e. The van der Waals surface area contributed by atoms with Gasteiger partial charge in [-0.25, -0.2) is 0 Å². The minimum atomic E-state index is -1.02. The van der Waals surface area contributed by atoms with Gasteiger partial charge in [-0.3, -0.25) is 9.59 Å². The Hall–Kier alpha value is -2.53. The largest absolute Gasteiger partial charge is 0.493 e. The summed E-state index contributed by atoms with van der Waals surface area (Å²) in [5.74, 6) is -0.722. The van der Waals surface area contributed by atoms with Crippen molar-refractivity contribution in [2.24, 2.45) is 0 Å². The number of carboxylic acid groups (broad SMARTS) is 1. The van der Waals surface area contributed by atoms with Crippen molar-refractivity contribution in [3.8, 4) is 5.75 Å². The van der Waals surface area contributed by atoms with Gasteiger partial charge in [0.15, 0.2) is 11.2 Å². The molecule has 22 heavy (non-hydrogen) atoms. The quantitative estimate of drug-likeness (QED) is 0.754. The number of aliphatic carboxylic acids is 1. The molecule has 1 N–H and O–H groups in total. The molecule has 1 aromatic heterocycles. The van der Waals surface area contributed by atoms with Crippen molar-refractivity contribution >= 4 is 39.4 Å². The number of halogens is 1. The molecule has 3 rings (SSSR count). The molecule has 0 aliphatic carbocycles. The lowest BCUT2D eigenvalue weighted by atomic mass is 10.1. The van der Waals surface area contributed by atoms with Gasteiger partial charge in [0.05, 0.1) is 28.6 Å². The molecular formula is C16H12ClNO4. The number of fused-ring (bicyclic) bond motifs is 2. The number of hydrogen-bond donors (Lipinski definition) is 1. The number of pyridine rings is 1. The number of rotatable bonds is 3. The van der Waals surface area contributed by atoms with E-state index in [0.717, 1.165) is 0 Å². The molecule has 6 heteroatoms. The van der Waals surface area contributed by atoms with Crippen LogP contribution in [0.25, 0.3) is 21.8 Å². The topological polar surface area (TPSA) is 68.5 Å². The smallest absolute Gasteiger partial charge is 0.323 e. The zero-order chi connectivity index (χ0) is 15.9. The number of methoxy groups -OCH3 is 1. The summed E-state index contributed by atoms with van der Waals surface area (Å²) in [4.78, 5) is 23.9. The van der Waals surface area contributed by atoms with Crippen LogP contribution in [-0.2, 0) is 11.3 Å². The van der Waals surface area contributed by atoms with Gasteiger partial charge in [-0.05, 0) is 24.3 Å². The minimum Gasteiger partial charge on any atom is -0.493 e. The number of para-hydroxylation sites is 1. The molecule has 1 heterocycles. The van der Waals surface area contributed by atoms with Gasteiger partial charge in [-0.15, -0.1) is 0 Å². The van der Waals surface area contributed by atoms with Gasteiger partial charge in [-0.1, -0.05) is 23.7 Å². The normalized spacial score (nSPS) is 11.0. The van der Waals surface area contributed by atoms with Crippen molar-refractivity contribution in [3.05, 3.63) is 51.6 Å². The number of hydrogen-bond acceptors (Lipinski definition) is 3. The first kappa shape index (κ1) is 14.4. The third-order valence-electron chi connectivity index (χ3n) is 3.53. The van der Waals surface area contributed by atoms with Gasteiger partial charge in [0, 0.05) is 5.39 Å². The number of aromatic nitrogens is 1. The number of carbonyl (C=O) groups is 1. The van der Waals surface area contributed by atoms with Crippen molar-refractivity contribution in [3.63, 3.8) is 0 Å². The average molecular weight is 318 g/mol. The average Bonchev–Trinajstić information content (AvgIpc) is 2.51. The molecule has 0 saturated carbocycles. The summed E-state index contributed by atoms with van der Waals surface area (Å²) in [6.07, 6.45) is 0. The van der Waals surface area contributed by atoms with E-state index in [1.54, 1.807) is 41.0 Å². The summed E-state index contributed by atoms with van der Waals surface area (Å²) in [7, 11) is 1.44. The second kappa shape index (κ2) is 5.35. The van der Waals surface area contributed by atoms with E-state index in [4.69, 9.17) is 16.3 Å². The second-order valence-corrected chi connectivity index (χ2v) is 5.21. The molecular weight excluding hydrogens is 306 g/mol. The molecule has 0 bridgehead atoms. The van der Waals surface area contributed by atoms with Crippen LogP contribution in [0, 0.1) is 0 Å². The van der Waals surface area contributed by atoms with Crippen molar-refractivity contribution in [1.82, 2.24) is 4.57 Å². The first-order valence-electron chi connectivity index (χ1n) is 6.54. The summed E-state index contributed by atoms with van der Waals surface area (Å²) >= 11 is 6.13. The zero-order valence-corrected chi connectivity index (χ0v) is 12.4. The van der Waals surface area contributed by atoms with Crippen molar-refractivity contribution in [2.45, 2.75) is 6.54 Å². The van der Waals surface area contributed by atoms with E-state index in [1.807, 2.05) is 0 Å². The van der Waals surface area contributed by atoms with Crippen LogP contribution in [0.3, 0.4) is 0 Å². The Morgan fingerprint density at radius 2 is 1.95 bits per heavy atom. The number of nitrogens with zero attached hydrogens (tertiary/aromatic N) is 1. The molecule has 2 aromatic carbocycles. The predicted molar refractivity (Wildman–Crippen MR) is 84.9 cm³/mol. The predicted octanol–water partition coefficient (Wildman–Crippen LogP) is 2.90. The van der Waals surface area contributed by atoms with Crippen LogP contribution < -0.4 is 10.2 Å². The van der Waals surface area contributed by atoms with E-state index in [9.17, 15) is 14.7 Å². The Labute approximate surface area is 130 Å². The highest BCUT2D eigenvalue weighted by Crippen LogP contribution is 2.33. The fourth-order valence-corrected chi connectivity index (χ4v) is 2.89. The lowest BCUT2D eigenvalue weighted by Gasteiger charge is -2.16. The highest BCUT2D eigenvalue weighted by molar-refractivity contribution is 6.33. The summed E-state index contributed by atoms with van der Waals surface area (Å²) in [5.41, 5.74) is 0.742. The number of ether oxygens (including phenoxy) is 1. The van der Waals surface area contributed by atoms with Gasteiger partial charge in [-0.2, -0.15) is 0 Å². The maximum atomic E-state index is 12.6. The Balaban J connectivity index is 2.62. The monoisotopic (exact) mass is 317 g/mol. The van der Waals surface area contributed by atoms with Crippen LogP contribution >= 0.6 is 11.6 Å². The molecule has 0 spiro atoms. The zero-order valence-electron chi connectivity index (χ0n) is 11.7. The summed E-state index contributed by atoms with van der Waals surface area (Å²) < 4.78 is 6.84. The number of benzene rings is 2. The lowest BCUT2D eigenvalue weighted by molar-refractivity contribution is -0.137. The molecule has 112 valence electrons. The van der Waals surface area contributed by atoms with Crippen molar-refractivity contribution in [2.75, 3.05) is 7.11 Å². The van der Waals surface area contributed by atoms with Crippen LogP contribution in [0.2, 0.25) is 5.02 Å². The van der Waals surface area contributed by atoms with Gasteiger partial charge >= 0.3 is 5.97 Å². The van der Waals surface area contributed by atoms with Crippen LogP contribution in [0.1, 0.15) is 0 Å². The minimum absolute atomic E-state index is 0.179. The van der Waals surface area contributed by atoms with Crippen LogP contribution in [0.4, 0.5) is 0 Å². The lowest BCUT2D eigenvalue weighted by Crippen LogP contribution is -2.16. The Morgan fingerprint density at radius 3 is 2.64 bits per heavy atom. The third-order valence-corrected chi connectivity index (χ3v) is 3.83. The van der Waals surface area contributed by atoms with E-state index in [1.165, 1.54) is 7.11 Å². The molecule has 0 aliphatic heterocycles. The molecule has 0 radical (unpaired) electrons. The number of carboxylic acids is 1. The molecule has 0 aliphatic rings. The third kappa shape index (κ3) is 2.10. The van der Waals surface area contributed by atoms with E-state index >= 15 is 0 Å². The second-order valence-electron chi connectivity index (χ2n) is 4.80. The summed E-state index contributed by atoms with van der Waals surface area (Å²) in [6, 6.07) is 10.0.